The number of pyridine rings is 1. The van der Waals surface area contributed by atoms with Gasteiger partial charge in [-0.15, -0.1) is 0 Å². The zero-order valence-electron chi connectivity index (χ0n) is 13.8. The van der Waals surface area contributed by atoms with Crippen LogP contribution >= 0.6 is 0 Å². The minimum Gasteiger partial charge on any atom is -0.261 e. The summed E-state index contributed by atoms with van der Waals surface area (Å²) in [6.07, 6.45) is 10.2. The number of nitrogens with zero attached hydrogens (tertiary/aromatic N) is 1. The van der Waals surface area contributed by atoms with Gasteiger partial charge in [-0.25, -0.2) is 8.42 Å². The Balaban J connectivity index is 1.76. The molecular formula is C20H19NO2S. The number of hydrogen-bond acceptors (Lipinski definition) is 3. The summed E-state index contributed by atoms with van der Waals surface area (Å²) in [4.78, 5) is 4.77. The van der Waals surface area contributed by atoms with Gasteiger partial charge in [0.1, 0.15) is 0 Å². The van der Waals surface area contributed by atoms with Crippen LogP contribution in [-0.2, 0) is 9.84 Å². The highest BCUT2D eigenvalue weighted by molar-refractivity contribution is 7.90. The summed E-state index contributed by atoms with van der Waals surface area (Å²) in [5.41, 5.74) is 5.75. The average molecular weight is 337 g/mol. The van der Waals surface area contributed by atoms with E-state index in [1.165, 1.54) is 30.2 Å². The van der Waals surface area contributed by atoms with Crippen molar-refractivity contribution in [3.8, 4) is 0 Å². The van der Waals surface area contributed by atoms with Crippen LogP contribution in [0.1, 0.15) is 29.7 Å². The molecule has 1 heterocycles. The van der Waals surface area contributed by atoms with Gasteiger partial charge in [-0.1, -0.05) is 30.4 Å². The van der Waals surface area contributed by atoms with Crippen LogP contribution in [0.2, 0.25) is 0 Å². The Morgan fingerprint density at radius 3 is 2.00 bits per heavy atom. The first-order valence-corrected chi connectivity index (χ1v) is 9.95. The van der Waals surface area contributed by atoms with Crippen molar-refractivity contribution in [3.05, 3.63) is 71.6 Å². The molecular weight excluding hydrogens is 318 g/mol. The van der Waals surface area contributed by atoms with Gasteiger partial charge in [0.05, 0.1) is 4.90 Å². The molecule has 0 amide bonds. The Morgan fingerprint density at radius 1 is 0.917 bits per heavy atom. The van der Waals surface area contributed by atoms with Gasteiger partial charge in [0.15, 0.2) is 9.84 Å². The minimum atomic E-state index is -3.17. The standard InChI is InChI=1S/C20H19NO2S/c1-14-3-4-16(13-21-14)19-12-20(9-10-20)11-18(19)15-5-7-17(8-6-15)24(2,22)23/h3-8,11-13H,9-10H2,1-2H3. The molecule has 2 aliphatic rings. The maximum Gasteiger partial charge on any atom is 0.175 e. The molecule has 2 aliphatic carbocycles. The van der Waals surface area contributed by atoms with Gasteiger partial charge in [0.2, 0.25) is 0 Å². The van der Waals surface area contributed by atoms with Crippen LogP contribution < -0.4 is 0 Å². The van der Waals surface area contributed by atoms with E-state index >= 15 is 0 Å². The molecule has 1 saturated carbocycles. The third-order valence-corrected chi connectivity index (χ3v) is 5.93. The van der Waals surface area contributed by atoms with Crippen molar-refractivity contribution >= 4 is 21.0 Å². The number of benzene rings is 1. The molecule has 1 aromatic heterocycles. The van der Waals surface area contributed by atoms with Crippen molar-refractivity contribution in [2.24, 2.45) is 5.41 Å². The summed E-state index contributed by atoms with van der Waals surface area (Å²) >= 11 is 0. The first kappa shape index (κ1) is 15.3. The second-order valence-electron chi connectivity index (χ2n) is 6.83. The Bertz CT molecular complexity index is 961. The van der Waals surface area contributed by atoms with Crippen LogP contribution in [0.3, 0.4) is 0 Å². The Kier molecular flexibility index (Phi) is 3.29. The van der Waals surface area contributed by atoms with Crippen molar-refractivity contribution in [1.29, 1.82) is 0 Å². The molecule has 0 N–H and O–H groups in total. The Morgan fingerprint density at radius 2 is 1.50 bits per heavy atom. The molecule has 0 radical (unpaired) electrons. The second-order valence-corrected chi connectivity index (χ2v) is 8.85. The number of rotatable bonds is 3. The summed E-state index contributed by atoms with van der Waals surface area (Å²) in [5.74, 6) is 0. The van der Waals surface area contributed by atoms with Crippen LogP contribution in [0, 0.1) is 12.3 Å². The smallest absolute Gasteiger partial charge is 0.175 e. The van der Waals surface area contributed by atoms with E-state index in [9.17, 15) is 8.42 Å². The Labute approximate surface area is 142 Å². The molecule has 1 aromatic carbocycles. The van der Waals surface area contributed by atoms with Gasteiger partial charge in [-0.2, -0.15) is 0 Å². The van der Waals surface area contributed by atoms with E-state index < -0.39 is 9.84 Å². The maximum absolute atomic E-state index is 11.7. The van der Waals surface area contributed by atoms with E-state index in [1.807, 2.05) is 31.3 Å². The fourth-order valence-corrected chi connectivity index (χ4v) is 3.82. The van der Waals surface area contributed by atoms with E-state index in [0.717, 1.165) is 16.8 Å². The van der Waals surface area contributed by atoms with E-state index in [-0.39, 0.29) is 5.41 Å². The zero-order valence-corrected chi connectivity index (χ0v) is 14.6. The van der Waals surface area contributed by atoms with E-state index in [1.54, 1.807) is 12.1 Å². The van der Waals surface area contributed by atoms with Gasteiger partial charge in [0, 0.05) is 29.1 Å². The van der Waals surface area contributed by atoms with Crippen LogP contribution in [-0.4, -0.2) is 19.7 Å². The molecule has 24 heavy (non-hydrogen) atoms. The summed E-state index contributed by atoms with van der Waals surface area (Å²) in [6.45, 7) is 1.98. The van der Waals surface area contributed by atoms with Crippen molar-refractivity contribution < 1.29 is 8.42 Å². The monoisotopic (exact) mass is 337 g/mol. The first-order chi connectivity index (χ1) is 11.4. The number of allylic oxidation sites excluding steroid dienone is 4. The van der Waals surface area contributed by atoms with Crippen LogP contribution in [0.25, 0.3) is 11.1 Å². The molecule has 1 fully saturated rings. The van der Waals surface area contributed by atoms with E-state index in [4.69, 9.17) is 0 Å². The predicted octanol–water partition coefficient (Wildman–Crippen LogP) is 4.05. The van der Waals surface area contributed by atoms with Crippen molar-refractivity contribution in [3.63, 3.8) is 0 Å². The molecule has 4 heteroatoms. The molecule has 0 aliphatic heterocycles. The molecule has 122 valence electrons. The lowest BCUT2D eigenvalue weighted by atomic mass is 9.96. The molecule has 4 rings (SSSR count). The number of sulfone groups is 1. The van der Waals surface area contributed by atoms with Gasteiger partial charge < -0.3 is 0 Å². The largest absolute Gasteiger partial charge is 0.261 e. The lowest BCUT2D eigenvalue weighted by Gasteiger charge is -2.10. The summed E-state index contributed by atoms with van der Waals surface area (Å²) in [7, 11) is -3.17. The summed E-state index contributed by atoms with van der Waals surface area (Å²) < 4.78 is 23.3. The second kappa shape index (κ2) is 5.15. The van der Waals surface area contributed by atoms with E-state index in [0.29, 0.717) is 4.90 Å². The van der Waals surface area contributed by atoms with Crippen molar-refractivity contribution in [1.82, 2.24) is 4.98 Å². The molecule has 0 bridgehead atoms. The summed E-state index contributed by atoms with van der Waals surface area (Å²) in [6, 6.07) is 11.3. The molecule has 3 nitrogen and oxygen atoms in total. The van der Waals surface area contributed by atoms with E-state index in [2.05, 4.69) is 23.2 Å². The molecule has 2 aromatic rings. The van der Waals surface area contributed by atoms with Gasteiger partial charge in [-0.05, 0) is 54.7 Å². The van der Waals surface area contributed by atoms with Crippen molar-refractivity contribution in [2.45, 2.75) is 24.7 Å². The topological polar surface area (TPSA) is 47.0 Å². The molecule has 1 spiro atoms. The third-order valence-electron chi connectivity index (χ3n) is 4.80. The average Bonchev–Trinajstić information content (AvgIpc) is 3.19. The van der Waals surface area contributed by atoms with Crippen LogP contribution in [0.4, 0.5) is 0 Å². The van der Waals surface area contributed by atoms with Gasteiger partial charge >= 0.3 is 0 Å². The fourth-order valence-electron chi connectivity index (χ4n) is 3.19. The number of aromatic nitrogens is 1. The lowest BCUT2D eigenvalue weighted by Crippen LogP contribution is -1.97. The number of aryl methyl sites for hydroxylation is 1. The van der Waals surface area contributed by atoms with Crippen LogP contribution in [0.5, 0.6) is 0 Å². The molecule has 0 atom stereocenters. The highest BCUT2D eigenvalue weighted by Crippen LogP contribution is 2.57. The SMILES string of the molecule is Cc1ccc(C2=CC3(C=C2c2ccc(S(C)(=O)=O)cc2)CC3)cn1. The quantitative estimate of drug-likeness (QED) is 0.849. The maximum atomic E-state index is 11.7. The van der Waals surface area contributed by atoms with Crippen LogP contribution in [0.15, 0.2) is 59.6 Å². The predicted molar refractivity (Wildman–Crippen MR) is 96.1 cm³/mol. The zero-order chi connectivity index (χ0) is 16.9. The molecule has 0 unspecified atom stereocenters. The van der Waals surface area contributed by atoms with Crippen molar-refractivity contribution in [2.75, 3.05) is 6.26 Å². The Hall–Kier alpha value is -2.20. The normalized spacial score (nSPS) is 18.4. The fraction of sp³-hybridized carbons (Fsp3) is 0.250. The third kappa shape index (κ3) is 2.71. The minimum absolute atomic E-state index is 0.199. The highest BCUT2D eigenvalue weighted by atomic mass is 32.2. The molecule has 0 saturated heterocycles. The van der Waals surface area contributed by atoms with Gasteiger partial charge in [0.25, 0.3) is 0 Å². The first-order valence-electron chi connectivity index (χ1n) is 8.06. The lowest BCUT2D eigenvalue weighted by molar-refractivity contribution is 0.602. The highest BCUT2D eigenvalue weighted by Gasteiger charge is 2.43. The van der Waals surface area contributed by atoms with Gasteiger partial charge in [-0.3, -0.25) is 4.98 Å². The summed E-state index contributed by atoms with van der Waals surface area (Å²) in [5, 5.41) is 0. The number of hydrogen-bond donors (Lipinski definition) is 0.